The van der Waals surface area contributed by atoms with Crippen LogP contribution in [-0.2, 0) is 11.2 Å². The van der Waals surface area contributed by atoms with Gasteiger partial charge in [0.2, 0.25) is 0 Å². The Kier molecular flexibility index (Phi) is 3.13. The highest BCUT2D eigenvalue weighted by atomic mass is 16.5. The van der Waals surface area contributed by atoms with Gasteiger partial charge in [-0.05, 0) is 17.5 Å². The van der Waals surface area contributed by atoms with Gasteiger partial charge in [0, 0.05) is 30.6 Å². The summed E-state index contributed by atoms with van der Waals surface area (Å²) in [5, 5.41) is 4.34. The summed E-state index contributed by atoms with van der Waals surface area (Å²) in [5.41, 5.74) is 1.67. The first kappa shape index (κ1) is 11.4. The van der Waals surface area contributed by atoms with Crippen molar-refractivity contribution in [2.75, 3.05) is 19.7 Å². The van der Waals surface area contributed by atoms with Crippen LogP contribution >= 0.6 is 0 Å². The van der Waals surface area contributed by atoms with Gasteiger partial charge in [-0.15, -0.1) is 0 Å². The Morgan fingerprint density at radius 1 is 1.33 bits per heavy atom. The zero-order valence-electron chi connectivity index (χ0n) is 10.1. The molecule has 94 valence electrons. The number of rotatable bonds is 2. The highest BCUT2D eigenvalue weighted by Crippen LogP contribution is 2.12. The predicted octanol–water partition coefficient (Wildman–Crippen LogP) is 1.06. The monoisotopic (exact) mass is 244 g/mol. The Balaban J connectivity index is 1.91. The third-order valence-corrected chi connectivity index (χ3v) is 3.28. The van der Waals surface area contributed by atoms with Crippen molar-refractivity contribution in [3.8, 4) is 0 Å². The highest BCUT2D eigenvalue weighted by molar-refractivity contribution is 5.78. The number of morpholine rings is 1. The van der Waals surface area contributed by atoms with E-state index in [1.54, 1.807) is 0 Å². The number of nitrogens with one attached hydrogen (secondary N) is 2. The van der Waals surface area contributed by atoms with E-state index in [-0.39, 0.29) is 11.7 Å². The van der Waals surface area contributed by atoms with Gasteiger partial charge in [0.15, 0.2) is 0 Å². The fourth-order valence-corrected chi connectivity index (χ4v) is 2.34. The summed E-state index contributed by atoms with van der Waals surface area (Å²) in [6, 6.07) is 9.79. The van der Waals surface area contributed by atoms with Crippen LogP contribution < -0.4 is 10.9 Å². The van der Waals surface area contributed by atoms with E-state index in [9.17, 15) is 4.79 Å². The normalized spacial score (nSPS) is 20.1. The molecule has 18 heavy (non-hydrogen) atoms. The lowest BCUT2D eigenvalue weighted by molar-refractivity contribution is 0.0291. The first-order valence-electron chi connectivity index (χ1n) is 6.26. The Bertz CT molecular complexity index is 600. The van der Waals surface area contributed by atoms with Crippen LogP contribution in [0.25, 0.3) is 10.9 Å². The maximum absolute atomic E-state index is 12.0. The molecule has 0 radical (unpaired) electrons. The Hall–Kier alpha value is -1.65. The molecular formula is C14H16N2O2. The first-order chi connectivity index (χ1) is 8.83. The Morgan fingerprint density at radius 2 is 2.22 bits per heavy atom. The Morgan fingerprint density at radius 3 is 3.06 bits per heavy atom. The lowest BCUT2D eigenvalue weighted by atomic mass is 10.1. The molecule has 0 bridgehead atoms. The smallest absolute Gasteiger partial charge is 0.251 e. The van der Waals surface area contributed by atoms with Gasteiger partial charge in [0.05, 0.1) is 12.7 Å². The number of aromatic amines is 1. The number of fused-ring (bicyclic) bond motifs is 1. The van der Waals surface area contributed by atoms with Crippen molar-refractivity contribution in [3.05, 3.63) is 46.2 Å². The predicted molar refractivity (Wildman–Crippen MR) is 70.9 cm³/mol. The van der Waals surface area contributed by atoms with Crippen molar-refractivity contribution in [3.63, 3.8) is 0 Å². The second-order valence-corrected chi connectivity index (χ2v) is 4.61. The third-order valence-electron chi connectivity index (χ3n) is 3.28. The molecule has 1 aromatic carbocycles. The molecule has 1 aliphatic rings. The lowest BCUT2D eigenvalue weighted by Crippen LogP contribution is -2.40. The van der Waals surface area contributed by atoms with E-state index >= 15 is 0 Å². The molecule has 1 unspecified atom stereocenters. The minimum atomic E-state index is -0.0112. The standard InChI is InChI=1S/C14H16N2O2/c17-14-11(8-12-9-15-5-6-18-12)7-10-3-1-2-4-13(10)16-14/h1-4,7,12,15H,5-6,8-9H2,(H,16,17). The van der Waals surface area contributed by atoms with Gasteiger partial charge >= 0.3 is 0 Å². The number of para-hydroxylation sites is 1. The second kappa shape index (κ2) is 4.92. The maximum Gasteiger partial charge on any atom is 0.251 e. The van der Waals surface area contributed by atoms with Crippen LogP contribution in [0.2, 0.25) is 0 Å². The van der Waals surface area contributed by atoms with Crippen molar-refractivity contribution < 1.29 is 4.74 Å². The van der Waals surface area contributed by atoms with Crippen molar-refractivity contribution >= 4 is 10.9 Å². The van der Waals surface area contributed by atoms with E-state index in [0.717, 1.165) is 36.2 Å². The molecule has 0 spiro atoms. The summed E-state index contributed by atoms with van der Waals surface area (Å²) in [6.45, 7) is 2.42. The number of ether oxygens (including phenoxy) is 1. The molecule has 4 nitrogen and oxygen atoms in total. The van der Waals surface area contributed by atoms with E-state index < -0.39 is 0 Å². The maximum atomic E-state index is 12.0. The zero-order valence-corrected chi connectivity index (χ0v) is 10.1. The number of pyridine rings is 1. The molecule has 1 fully saturated rings. The van der Waals surface area contributed by atoms with Gasteiger partial charge < -0.3 is 15.0 Å². The minimum Gasteiger partial charge on any atom is -0.375 e. The average Bonchev–Trinajstić information content (AvgIpc) is 2.41. The van der Waals surface area contributed by atoms with Crippen LogP contribution in [0.1, 0.15) is 5.56 Å². The summed E-state index contributed by atoms with van der Waals surface area (Å²) < 4.78 is 5.63. The molecule has 1 aromatic heterocycles. The summed E-state index contributed by atoms with van der Waals surface area (Å²) >= 11 is 0. The van der Waals surface area contributed by atoms with Crippen molar-refractivity contribution in [2.24, 2.45) is 0 Å². The fourth-order valence-electron chi connectivity index (χ4n) is 2.34. The van der Waals surface area contributed by atoms with Gasteiger partial charge in [-0.1, -0.05) is 18.2 Å². The van der Waals surface area contributed by atoms with E-state index in [2.05, 4.69) is 10.3 Å². The molecule has 4 heteroatoms. The molecular weight excluding hydrogens is 228 g/mol. The fraction of sp³-hybridized carbons (Fsp3) is 0.357. The largest absolute Gasteiger partial charge is 0.375 e. The summed E-state index contributed by atoms with van der Waals surface area (Å²) in [7, 11) is 0. The van der Waals surface area contributed by atoms with Crippen molar-refractivity contribution in [1.29, 1.82) is 0 Å². The van der Waals surface area contributed by atoms with Crippen LogP contribution in [0.4, 0.5) is 0 Å². The SMILES string of the molecule is O=c1[nH]c2ccccc2cc1CC1CNCCO1. The zero-order chi connectivity index (χ0) is 12.4. The number of H-pyrrole nitrogens is 1. The van der Waals surface area contributed by atoms with Crippen LogP contribution in [0.5, 0.6) is 0 Å². The molecule has 1 aliphatic heterocycles. The van der Waals surface area contributed by atoms with Crippen LogP contribution in [0.3, 0.4) is 0 Å². The molecule has 2 aromatic rings. The van der Waals surface area contributed by atoms with Gasteiger partial charge in [0.1, 0.15) is 0 Å². The van der Waals surface area contributed by atoms with Gasteiger partial charge in [-0.3, -0.25) is 4.79 Å². The third kappa shape index (κ3) is 2.30. The molecule has 3 rings (SSSR count). The van der Waals surface area contributed by atoms with Gasteiger partial charge in [-0.25, -0.2) is 0 Å². The highest BCUT2D eigenvalue weighted by Gasteiger charge is 2.15. The number of hydrogen-bond acceptors (Lipinski definition) is 3. The number of benzene rings is 1. The molecule has 2 heterocycles. The van der Waals surface area contributed by atoms with E-state index in [1.165, 1.54) is 0 Å². The number of aromatic nitrogens is 1. The van der Waals surface area contributed by atoms with Crippen LogP contribution in [-0.4, -0.2) is 30.8 Å². The second-order valence-electron chi connectivity index (χ2n) is 4.61. The van der Waals surface area contributed by atoms with Crippen molar-refractivity contribution in [1.82, 2.24) is 10.3 Å². The van der Waals surface area contributed by atoms with Crippen LogP contribution in [0, 0.1) is 0 Å². The summed E-state index contributed by atoms with van der Waals surface area (Å²) in [6.07, 6.45) is 0.758. The van der Waals surface area contributed by atoms with Gasteiger partial charge in [-0.2, -0.15) is 0 Å². The number of hydrogen-bond donors (Lipinski definition) is 2. The van der Waals surface area contributed by atoms with E-state index in [0.29, 0.717) is 6.42 Å². The molecule has 1 saturated heterocycles. The lowest BCUT2D eigenvalue weighted by Gasteiger charge is -2.23. The van der Waals surface area contributed by atoms with E-state index in [4.69, 9.17) is 4.74 Å². The molecule has 0 saturated carbocycles. The molecule has 0 aliphatic carbocycles. The first-order valence-corrected chi connectivity index (χ1v) is 6.26. The molecule has 0 amide bonds. The van der Waals surface area contributed by atoms with Crippen LogP contribution in [0.15, 0.2) is 35.1 Å². The molecule has 2 N–H and O–H groups in total. The quantitative estimate of drug-likeness (QED) is 0.830. The van der Waals surface area contributed by atoms with Gasteiger partial charge in [0.25, 0.3) is 5.56 Å². The Labute approximate surface area is 105 Å². The topological polar surface area (TPSA) is 54.1 Å². The summed E-state index contributed by atoms with van der Waals surface area (Å²) in [4.78, 5) is 14.9. The average molecular weight is 244 g/mol. The van der Waals surface area contributed by atoms with E-state index in [1.807, 2.05) is 30.3 Å². The summed E-state index contributed by atoms with van der Waals surface area (Å²) in [5.74, 6) is 0. The molecule has 1 atom stereocenters. The minimum absolute atomic E-state index is 0.0112. The van der Waals surface area contributed by atoms with Crippen molar-refractivity contribution in [2.45, 2.75) is 12.5 Å².